The maximum absolute atomic E-state index is 14.8. The van der Waals surface area contributed by atoms with Gasteiger partial charge in [-0.3, -0.25) is 34.0 Å². The lowest BCUT2D eigenvalue weighted by atomic mass is 9.86. The van der Waals surface area contributed by atoms with Crippen LogP contribution in [0, 0.1) is 24.7 Å². The van der Waals surface area contributed by atoms with Gasteiger partial charge in [-0.25, -0.2) is 4.99 Å². The van der Waals surface area contributed by atoms with Gasteiger partial charge in [-0.1, -0.05) is 45.9 Å². The number of nitrogens with zero attached hydrogens (tertiary/aromatic N) is 6. The number of carbonyl (C=O) groups is 4. The fourth-order valence-electron chi connectivity index (χ4n) is 10.8. The Bertz CT molecular complexity index is 2650. The Hall–Kier alpha value is -5.44. The van der Waals surface area contributed by atoms with Crippen LogP contribution in [0.2, 0.25) is 0 Å². The smallest absolute Gasteiger partial charge is 0.315 e. The van der Waals surface area contributed by atoms with Gasteiger partial charge in [0, 0.05) is 127 Å². The zero-order valence-corrected chi connectivity index (χ0v) is 43.5. The predicted molar refractivity (Wildman–Crippen MR) is 272 cm³/mol. The lowest BCUT2D eigenvalue weighted by Gasteiger charge is -2.38. The van der Waals surface area contributed by atoms with E-state index in [-0.39, 0.29) is 74.9 Å². The van der Waals surface area contributed by atoms with Crippen molar-refractivity contribution in [2.45, 2.75) is 117 Å². The van der Waals surface area contributed by atoms with E-state index in [1.165, 1.54) is 19.3 Å². The number of esters is 1. The predicted octanol–water partition coefficient (Wildman–Crippen LogP) is 3.48. The van der Waals surface area contributed by atoms with E-state index >= 15 is 0 Å². The largest absolute Gasteiger partial charge is 0.507 e. The van der Waals surface area contributed by atoms with Gasteiger partial charge in [-0.05, 0) is 38.7 Å². The van der Waals surface area contributed by atoms with Crippen LogP contribution < -0.4 is 20.8 Å². The van der Waals surface area contributed by atoms with Gasteiger partial charge in [0.1, 0.15) is 40.4 Å². The first-order chi connectivity index (χ1) is 34.8. The molecule has 0 saturated carbocycles. The van der Waals surface area contributed by atoms with Crippen LogP contribution in [0.15, 0.2) is 46.1 Å². The van der Waals surface area contributed by atoms with Crippen molar-refractivity contribution in [3.63, 3.8) is 0 Å². The molecule has 2 amide bonds. The van der Waals surface area contributed by atoms with Gasteiger partial charge in [0.25, 0.3) is 11.7 Å². The van der Waals surface area contributed by atoms with E-state index in [9.17, 15) is 39.6 Å². The second-order valence-corrected chi connectivity index (χ2v) is 21.4. The minimum atomic E-state index is -1.93. The van der Waals surface area contributed by atoms with E-state index in [1.54, 1.807) is 50.8 Å². The molecule has 398 valence electrons. The van der Waals surface area contributed by atoms with E-state index in [2.05, 4.69) is 38.9 Å². The first-order valence-electron chi connectivity index (χ1n) is 26.1. The van der Waals surface area contributed by atoms with Gasteiger partial charge >= 0.3 is 11.8 Å². The minimum absolute atomic E-state index is 0.0407. The zero-order chi connectivity index (χ0) is 52.4. The highest BCUT2D eigenvalue weighted by molar-refractivity contribution is 6.21. The number of piperazine rings is 1. The van der Waals surface area contributed by atoms with Crippen molar-refractivity contribution >= 4 is 40.0 Å². The highest BCUT2D eigenvalue weighted by Crippen LogP contribution is 2.51. The standard InChI is InChI=1S/C54H75N7O12/c1-32(2)31-60-16-14-54(15-17-60)56-44-41-42-48(66)36(6)50-43(41)51(68)53(7,73-50)71-26-9-8-13-37(72-40(64)30-39(63)61-22-20-58(21-23-61)18-19-59-24-27-70-28-25-59)29-38(62)35(5)47(65)33(3)11-10-12-34(4)52(69)55-46(49(42)67)45(44)57-54/h9-12,26,32-33,35,37-38,47,56,62,65-67H,8,13-25,27-31H2,1-7H3/b11-10+,26-9+,34-12-,55-46?/t33?,35-,37+,38?,47-,53-/m0/s1. The number of Topliss-reactive ketones (excluding diaryl/α,β-unsaturated/α-hetero) is 1. The highest BCUT2D eigenvalue weighted by atomic mass is 16.7. The molecular weight excluding hydrogens is 939 g/mol. The number of hydrogen-bond acceptors (Lipinski definition) is 17. The highest BCUT2D eigenvalue weighted by Gasteiger charge is 2.50. The Balaban J connectivity index is 1.06. The van der Waals surface area contributed by atoms with Crippen molar-refractivity contribution in [2.75, 3.05) is 90.5 Å². The lowest BCUT2D eigenvalue weighted by molar-refractivity contribution is -0.155. The maximum atomic E-state index is 14.8. The molecule has 7 heterocycles. The summed E-state index contributed by atoms with van der Waals surface area (Å²) in [6, 6.07) is 0. The Morgan fingerprint density at radius 1 is 0.918 bits per heavy atom. The summed E-state index contributed by atoms with van der Waals surface area (Å²) in [6.45, 7) is 22.3. The number of nitrogens with one attached hydrogen (secondary N) is 1. The number of benzene rings is 2. The third-order valence-corrected chi connectivity index (χ3v) is 15.5. The normalized spacial score (nSPS) is 29.2. The number of rotatable bonds is 8. The number of anilines is 1. The SMILES string of the molecule is C/C1=C/C=C/C(C)[C@H](O)[C@@H](C)C(O)C[C@H](OC(=O)CC(=O)N2CCN(CCN3CCOCC3)CC2)CC/C=C/O[C@@]2(C)Oc3c(C)c(O)c4c(O)c(c5c(c4c3C2=O)NC2(CCN(CC(C)C)CC2)N=5)=NC1=O. The average molecular weight is 1010 g/mol. The molecule has 19 nitrogen and oxygen atoms in total. The number of aliphatic hydroxyl groups excluding tert-OH is 2. The van der Waals surface area contributed by atoms with E-state index < -0.39 is 71.4 Å². The van der Waals surface area contributed by atoms with Crippen molar-refractivity contribution < 1.29 is 58.6 Å². The van der Waals surface area contributed by atoms with Crippen LogP contribution in [0.4, 0.5) is 5.69 Å². The first-order valence-corrected chi connectivity index (χ1v) is 26.1. The molecule has 1 spiro atoms. The quantitative estimate of drug-likeness (QED) is 0.145. The Labute approximate surface area is 427 Å². The summed E-state index contributed by atoms with van der Waals surface area (Å²) in [6.07, 6.45) is 5.86. The second kappa shape index (κ2) is 22.6. The Kier molecular flexibility index (Phi) is 16.7. The summed E-state index contributed by atoms with van der Waals surface area (Å²) >= 11 is 0. The molecule has 2 aromatic rings. The van der Waals surface area contributed by atoms with E-state index in [4.69, 9.17) is 23.9 Å². The molecule has 3 fully saturated rings. The van der Waals surface area contributed by atoms with E-state index in [1.807, 2.05) is 0 Å². The third-order valence-electron chi connectivity index (χ3n) is 15.5. The van der Waals surface area contributed by atoms with Crippen molar-refractivity contribution in [1.29, 1.82) is 0 Å². The molecule has 0 aliphatic carbocycles. The van der Waals surface area contributed by atoms with Crippen LogP contribution in [0.25, 0.3) is 10.8 Å². The molecule has 19 heteroatoms. The topological polar surface area (TPSA) is 236 Å². The summed E-state index contributed by atoms with van der Waals surface area (Å²) in [5, 5.41) is 50.7. The number of morpholine rings is 1. The van der Waals surface area contributed by atoms with Gasteiger partial charge in [0.05, 0.1) is 48.3 Å². The molecule has 73 heavy (non-hydrogen) atoms. The number of hydrogen-bond donors (Lipinski definition) is 5. The fourth-order valence-corrected chi connectivity index (χ4v) is 10.8. The molecule has 5 bridgehead atoms. The molecule has 0 radical (unpaired) electrons. The first kappa shape index (κ1) is 53.8. The van der Waals surface area contributed by atoms with Gasteiger partial charge < -0.3 is 54.5 Å². The summed E-state index contributed by atoms with van der Waals surface area (Å²) < 4.78 is 23.8. The van der Waals surface area contributed by atoms with Gasteiger partial charge in [-0.2, -0.15) is 0 Å². The van der Waals surface area contributed by atoms with Gasteiger partial charge in [0.2, 0.25) is 5.91 Å². The molecule has 7 aliphatic rings. The van der Waals surface area contributed by atoms with E-state index in [0.717, 1.165) is 59.0 Å². The Morgan fingerprint density at radius 3 is 2.29 bits per heavy atom. The Morgan fingerprint density at radius 2 is 1.60 bits per heavy atom. The van der Waals surface area contributed by atoms with Crippen LogP contribution in [-0.4, -0.2) is 179 Å². The molecule has 2 aromatic carbocycles. The zero-order valence-electron chi connectivity index (χ0n) is 43.5. The summed E-state index contributed by atoms with van der Waals surface area (Å²) in [7, 11) is 0. The molecule has 5 N–H and O–H groups in total. The number of allylic oxidation sites excluding steroid dienone is 3. The molecule has 6 atom stereocenters. The fraction of sp³-hybridized carbons (Fsp3) is 0.630. The monoisotopic (exact) mass is 1010 g/mol. The number of aromatic hydroxyl groups is 2. The van der Waals surface area contributed by atoms with Crippen LogP contribution in [0.3, 0.4) is 0 Å². The van der Waals surface area contributed by atoms with Crippen LogP contribution in [-0.2, 0) is 28.6 Å². The number of phenols is 2. The molecular formula is C54H75N7O12. The number of fused-ring (bicyclic) bond motifs is 13. The van der Waals surface area contributed by atoms with Crippen molar-refractivity contribution in [2.24, 2.45) is 27.7 Å². The minimum Gasteiger partial charge on any atom is -0.507 e. The molecule has 0 aromatic heterocycles. The number of carbonyl (C=O) groups excluding carboxylic acids is 4. The maximum Gasteiger partial charge on any atom is 0.315 e. The van der Waals surface area contributed by atoms with Crippen LogP contribution in [0.5, 0.6) is 17.2 Å². The number of ketones is 1. The summed E-state index contributed by atoms with van der Waals surface area (Å²) in [4.78, 5) is 73.9. The number of phenolic OH excluding ortho intramolecular Hbond substituents is 2. The molecule has 2 unspecified atom stereocenters. The van der Waals surface area contributed by atoms with E-state index in [0.29, 0.717) is 50.6 Å². The number of ether oxygens (including phenoxy) is 4. The van der Waals surface area contributed by atoms with Crippen LogP contribution >= 0.6 is 0 Å². The summed E-state index contributed by atoms with van der Waals surface area (Å²) in [5.74, 6) is -5.84. The van der Waals surface area contributed by atoms with Gasteiger partial charge in [-0.15, -0.1) is 0 Å². The summed E-state index contributed by atoms with van der Waals surface area (Å²) in [5.41, 5.74) is -0.116. The number of amides is 2. The van der Waals surface area contributed by atoms with Crippen LogP contribution in [0.1, 0.15) is 96.0 Å². The number of piperidine rings is 1. The van der Waals surface area contributed by atoms with Crippen molar-refractivity contribution in [3.05, 3.63) is 58.0 Å². The third kappa shape index (κ3) is 11.8. The molecule has 7 aliphatic heterocycles. The van der Waals surface area contributed by atoms with Crippen molar-refractivity contribution in [1.82, 2.24) is 19.6 Å². The number of likely N-dealkylation sites (tertiary alicyclic amines) is 1. The lowest BCUT2D eigenvalue weighted by Crippen LogP contribution is -2.51. The average Bonchev–Trinajstić information content (AvgIpc) is 3.86. The molecule has 9 rings (SSSR count). The number of aliphatic hydroxyl groups is 2. The second-order valence-electron chi connectivity index (χ2n) is 21.4. The van der Waals surface area contributed by atoms with Gasteiger partial charge in [0.15, 0.2) is 5.75 Å². The van der Waals surface area contributed by atoms with Crippen molar-refractivity contribution in [3.8, 4) is 17.2 Å². The molecule has 3 saturated heterocycles.